The van der Waals surface area contributed by atoms with Crippen molar-refractivity contribution >= 4 is 5.97 Å². The van der Waals surface area contributed by atoms with Crippen molar-refractivity contribution in [1.29, 1.82) is 0 Å². The van der Waals surface area contributed by atoms with Crippen LogP contribution in [0, 0.1) is 17.6 Å². The molecule has 1 atom stereocenters. The number of carbonyl (C=O) groups is 1. The van der Waals surface area contributed by atoms with Crippen LogP contribution in [0.4, 0.5) is 8.78 Å². The Labute approximate surface area is 111 Å². The minimum absolute atomic E-state index is 0.182. The first-order chi connectivity index (χ1) is 8.81. The molecule has 3 nitrogen and oxygen atoms in total. The summed E-state index contributed by atoms with van der Waals surface area (Å²) in [7, 11) is 0. The first kappa shape index (κ1) is 15.6. The van der Waals surface area contributed by atoms with E-state index in [1.54, 1.807) is 11.8 Å². The fourth-order valence-electron chi connectivity index (χ4n) is 2.03. The quantitative estimate of drug-likeness (QED) is 0.864. The summed E-state index contributed by atoms with van der Waals surface area (Å²) in [6, 6.07) is 2.74. The van der Waals surface area contributed by atoms with Crippen molar-refractivity contribution in [3.8, 4) is 0 Å². The van der Waals surface area contributed by atoms with Gasteiger partial charge < -0.3 is 5.11 Å². The molecule has 106 valence electrons. The molecule has 1 unspecified atom stereocenters. The number of rotatable bonds is 6. The Hall–Kier alpha value is -1.49. The average molecular weight is 271 g/mol. The largest absolute Gasteiger partial charge is 0.480 e. The Bertz CT molecular complexity index is 449. The monoisotopic (exact) mass is 271 g/mol. The predicted molar refractivity (Wildman–Crippen MR) is 68.8 cm³/mol. The van der Waals surface area contributed by atoms with Gasteiger partial charge in [0.25, 0.3) is 0 Å². The lowest BCUT2D eigenvalue weighted by atomic mass is 10.0. The van der Waals surface area contributed by atoms with Gasteiger partial charge in [-0.2, -0.15) is 0 Å². The van der Waals surface area contributed by atoms with E-state index in [0.29, 0.717) is 6.54 Å². The van der Waals surface area contributed by atoms with E-state index < -0.39 is 23.6 Å². The number of hydrogen-bond acceptors (Lipinski definition) is 2. The molecule has 19 heavy (non-hydrogen) atoms. The fraction of sp³-hybridized carbons (Fsp3) is 0.500. The molecule has 0 bridgehead atoms. The van der Waals surface area contributed by atoms with E-state index in [-0.39, 0.29) is 18.0 Å². The Morgan fingerprint density at radius 3 is 2.47 bits per heavy atom. The van der Waals surface area contributed by atoms with Gasteiger partial charge in [-0.05, 0) is 31.0 Å². The van der Waals surface area contributed by atoms with Crippen LogP contribution in [0.25, 0.3) is 0 Å². The van der Waals surface area contributed by atoms with E-state index in [1.807, 2.05) is 13.8 Å². The van der Waals surface area contributed by atoms with Crippen LogP contribution in [0.15, 0.2) is 18.2 Å². The summed E-state index contributed by atoms with van der Waals surface area (Å²) in [5.74, 6) is -1.79. The lowest BCUT2D eigenvalue weighted by molar-refractivity contribution is -0.139. The van der Waals surface area contributed by atoms with Gasteiger partial charge in [-0.25, -0.2) is 8.78 Å². The van der Waals surface area contributed by atoms with Crippen molar-refractivity contribution in [3.63, 3.8) is 0 Å². The third-order valence-electron chi connectivity index (χ3n) is 2.89. The molecule has 1 rings (SSSR count). The van der Waals surface area contributed by atoms with Crippen molar-refractivity contribution in [2.24, 2.45) is 5.92 Å². The van der Waals surface area contributed by atoms with E-state index in [2.05, 4.69) is 0 Å². The van der Waals surface area contributed by atoms with Gasteiger partial charge in [0.05, 0.1) is 6.54 Å². The van der Waals surface area contributed by atoms with Crippen molar-refractivity contribution < 1.29 is 18.7 Å². The van der Waals surface area contributed by atoms with Crippen LogP contribution in [-0.2, 0) is 4.79 Å². The number of halogens is 2. The van der Waals surface area contributed by atoms with Crippen LogP contribution in [0.3, 0.4) is 0 Å². The van der Waals surface area contributed by atoms with Crippen molar-refractivity contribution in [2.45, 2.75) is 26.8 Å². The molecule has 0 spiro atoms. The molecule has 0 aliphatic rings. The second kappa shape index (κ2) is 6.61. The summed E-state index contributed by atoms with van der Waals surface area (Å²) >= 11 is 0. The highest BCUT2D eigenvalue weighted by Crippen LogP contribution is 2.24. The first-order valence-corrected chi connectivity index (χ1v) is 6.22. The van der Waals surface area contributed by atoms with Gasteiger partial charge in [0.2, 0.25) is 0 Å². The van der Waals surface area contributed by atoms with Gasteiger partial charge in [-0.15, -0.1) is 0 Å². The van der Waals surface area contributed by atoms with Crippen LogP contribution >= 0.6 is 0 Å². The predicted octanol–water partition coefficient (Wildman–Crippen LogP) is 3.07. The molecule has 0 heterocycles. The highest BCUT2D eigenvalue weighted by molar-refractivity contribution is 5.69. The highest BCUT2D eigenvalue weighted by atomic mass is 19.1. The van der Waals surface area contributed by atoms with Crippen LogP contribution in [-0.4, -0.2) is 29.1 Å². The minimum Gasteiger partial charge on any atom is -0.480 e. The Morgan fingerprint density at radius 2 is 1.95 bits per heavy atom. The topological polar surface area (TPSA) is 40.5 Å². The van der Waals surface area contributed by atoms with Crippen molar-refractivity contribution in [2.75, 3.05) is 13.1 Å². The average Bonchev–Trinajstić information content (AvgIpc) is 2.29. The van der Waals surface area contributed by atoms with Gasteiger partial charge in [-0.3, -0.25) is 9.69 Å². The molecular weight excluding hydrogens is 252 g/mol. The van der Waals surface area contributed by atoms with Gasteiger partial charge in [0, 0.05) is 18.2 Å². The van der Waals surface area contributed by atoms with Crippen molar-refractivity contribution in [1.82, 2.24) is 4.90 Å². The van der Waals surface area contributed by atoms with Gasteiger partial charge in [0.1, 0.15) is 11.6 Å². The van der Waals surface area contributed by atoms with E-state index in [9.17, 15) is 13.6 Å². The van der Waals surface area contributed by atoms with Gasteiger partial charge in [-0.1, -0.05) is 13.8 Å². The molecule has 0 fully saturated rings. The van der Waals surface area contributed by atoms with E-state index in [4.69, 9.17) is 5.11 Å². The maximum Gasteiger partial charge on any atom is 0.317 e. The van der Waals surface area contributed by atoms with Crippen LogP contribution in [0.1, 0.15) is 32.4 Å². The smallest absolute Gasteiger partial charge is 0.317 e. The van der Waals surface area contributed by atoms with Crippen molar-refractivity contribution in [3.05, 3.63) is 35.4 Å². The maximum absolute atomic E-state index is 13.7. The standard InChI is InChI=1S/C14H19F2NO2/c1-9(2)7-17(8-14(18)19)10(3)12-6-11(15)4-5-13(12)16/h4-6,9-10H,7-8H2,1-3H3,(H,18,19). The number of carboxylic acids is 1. The van der Waals surface area contributed by atoms with Gasteiger partial charge in [0.15, 0.2) is 0 Å². The first-order valence-electron chi connectivity index (χ1n) is 6.22. The molecule has 0 aliphatic heterocycles. The molecular formula is C14H19F2NO2. The van der Waals surface area contributed by atoms with Crippen LogP contribution < -0.4 is 0 Å². The zero-order valence-electron chi connectivity index (χ0n) is 11.4. The Balaban J connectivity index is 3.00. The molecule has 0 saturated carbocycles. The molecule has 0 aliphatic carbocycles. The summed E-state index contributed by atoms with van der Waals surface area (Å²) in [5, 5.41) is 8.91. The number of benzene rings is 1. The SMILES string of the molecule is CC(C)CN(CC(=O)O)C(C)c1cc(F)ccc1F. The number of aliphatic carboxylic acids is 1. The fourth-order valence-corrected chi connectivity index (χ4v) is 2.03. The highest BCUT2D eigenvalue weighted by Gasteiger charge is 2.22. The molecule has 1 N–H and O–H groups in total. The molecule has 0 amide bonds. The van der Waals surface area contributed by atoms with Crippen LogP contribution in [0.5, 0.6) is 0 Å². The lowest BCUT2D eigenvalue weighted by Crippen LogP contribution is -2.35. The van der Waals surface area contributed by atoms with Crippen LogP contribution in [0.2, 0.25) is 0 Å². The number of hydrogen-bond donors (Lipinski definition) is 1. The minimum atomic E-state index is -0.982. The summed E-state index contributed by atoms with van der Waals surface area (Å²) in [6.45, 7) is 5.88. The second-order valence-corrected chi connectivity index (χ2v) is 5.06. The number of carboxylic acid groups (broad SMARTS) is 1. The maximum atomic E-state index is 13.7. The van der Waals surface area contributed by atoms with E-state index in [1.165, 1.54) is 0 Å². The number of nitrogens with zero attached hydrogens (tertiary/aromatic N) is 1. The summed E-state index contributed by atoms with van der Waals surface area (Å²) < 4.78 is 26.9. The normalized spacial score (nSPS) is 13.0. The van der Waals surface area contributed by atoms with Gasteiger partial charge >= 0.3 is 5.97 Å². The molecule has 1 aromatic rings. The summed E-state index contributed by atoms with van der Waals surface area (Å²) in [4.78, 5) is 12.5. The summed E-state index contributed by atoms with van der Waals surface area (Å²) in [5.41, 5.74) is 0.182. The molecule has 0 aromatic heterocycles. The molecule has 0 radical (unpaired) electrons. The van der Waals surface area contributed by atoms with E-state index >= 15 is 0 Å². The third-order valence-corrected chi connectivity index (χ3v) is 2.89. The van der Waals surface area contributed by atoms with E-state index in [0.717, 1.165) is 18.2 Å². The second-order valence-electron chi connectivity index (χ2n) is 5.06. The zero-order valence-corrected chi connectivity index (χ0v) is 11.4. The third kappa shape index (κ3) is 4.59. The zero-order chi connectivity index (χ0) is 14.6. The molecule has 5 heteroatoms. The molecule has 0 saturated heterocycles. The Morgan fingerprint density at radius 1 is 1.32 bits per heavy atom. The molecule has 1 aromatic carbocycles. The lowest BCUT2D eigenvalue weighted by Gasteiger charge is -2.29. The summed E-state index contributed by atoms with van der Waals surface area (Å²) in [6.07, 6.45) is 0. The Kier molecular flexibility index (Phi) is 5.42.